The van der Waals surface area contributed by atoms with Crippen molar-refractivity contribution < 1.29 is 13.6 Å². The molecule has 0 radical (unpaired) electrons. The first-order valence-corrected chi connectivity index (χ1v) is 6.54. The van der Waals surface area contributed by atoms with Crippen molar-refractivity contribution in [2.75, 3.05) is 7.11 Å². The Morgan fingerprint density at radius 2 is 2.00 bits per heavy atom. The monoisotopic (exact) mass is 218 g/mol. The summed E-state index contributed by atoms with van der Waals surface area (Å²) in [6, 6.07) is 0. The third-order valence-corrected chi connectivity index (χ3v) is 3.16. The Labute approximate surface area is 89.2 Å². The number of hydrogen-bond donors (Lipinski definition) is 0. The first-order valence-electron chi connectivity index (χ1n) is 5.39. The van der Waals surface area contributed by atoms with E-state index in [-0.39, 0.29) is 5.97 Å². The number of rotatable bonds is 8. The van der Waals surface area contributed by atoms with Gasteiger partial charge in [0.15, 0.2) is 0 Å². The predicted molar refractivity (Wildman–Crippen MR) is 59.6 cm³/mol. The molecule has 84 valence electrons. The second-order valence-electron chi connectivity index (χ2n) is 3.50. The summed E-state index contributed by atoms with van der Waals surface area (Å²) in [5, 5.41) is 0. The second kappa shape index (κ2) is 9.21. The highest BCUT2D eigenvalue weighted by Gasteiger charge is 2.06. The van der Waals surface area contributed by atoms with Crippen LogP contribution in [-0.2, 0) is 13.6 Å². The molecule has 0 heterocycles. The lowest BCUT2D eigenvalue weighted by molar-refractivity contribution is -0.135. The molecule has 0 aliphatic heterocycles. The van der Waals surface area contributed by atoms with Gasteiger partial charge in [-0.15, -0.1) is 0 Å². The Morgan fingerprint density at radius 3 is 2.50 bits per heavy atom. The van der Waals surface area contributed by atoms with E-state index >= 15 is 0 Å². The first kappa shape index (κ1) is 13.6. The third kappa shape index (κ3) is 7.09. The van der Waals surface area contributed by atoms with Gasteiger partial charge in [0.25, 0.3) is 5.97 Å². The second-order valence-corrected chi connectivity index (χ2v) is 4.60. The highest BCUT2D eigenvalue weighted by molar-refractivity contribution is 6.22. The van der Waals surface area contributed by atoms with Crippen LogP contribution in [0, 0.1) is 5.92 Å². The molecule has 0 fully saturated rings. The molecule has 0 unspecified atom stereocenters. The molecule has 4 heteroatoms. The van der Waals surface area contributed by atoms with Crippen molar-refractivity contribution in [1.29, 1.82) is 0 Å². The number of carbonyl (C=O) groups is 1. The quantitative estimate of drug-likeness (QED) is 0.583. The molecule has 0 aromatic rings. The Kier molecular flexibility index (Phi) is 8.98. The van der Waals surface area contributed by atoms with E-state index in [0.717, 1.165) is 18.8 Å². The van der Waals surface area contributed by atoms with Crippen molar-refractivity contribution >= 4 is 16.0 Å². The van der Waals surface area contributed by atoms with Crippen LogP contribution in [0.2, 0.25) is 0 Å². The molecule has 0 amide bonds. The molecule has 0 aliphatic rings. The third-order valence-electron chi connectivity index (χ3n) is 2.49. The van der Waals surface area contributed by atoms with Crippen LogP contribution in [0.1, 0.15) is 46.0 Å². The lowest BCUT2D eigenvalue weighted by Crippen LogP contribution is -2.10. The van der Waals surface area contributed by atoms with Crippen LogP contribution in [-0.4, -0.2) is 23.1 Å². The maximum atomic E-state index is 11.1. The summed E-state index contributed by atoms with van der Waals surface area (Å²) in [6.07, 6.45) is 5.05. The van der Waals surface area contributed by atoms with Crippen LogP contribution in [0.15, 0.2) is 0 Å². The Hall–Kier alpha value is -0.353. The standard InChI is InChI=1S/C10H22O3Si/c1-4-9(5-2)7-6-8-10(11)13-14-12-3/h9H,4-8,14H2,1-3H3. The molecule has 0 bridgehead atoms. The summed E-state index contributed by atoms with van der Waals surface area (Å²) in [5.74, 6) is 0.673. The van der Waals surface area contributed by atoms with Crippen LogP contribution in [0.5, 0.6) is 0 Å². The summed E-state index contributed by atoms with van der Waals surface area (Å²) in [5.41, 5.74) is 0. The van der Waals surface area contributed by atoms with E-state index in [4.69, 9.17) is 8.85 Å². The van der Waals surface area contributed by atoms with Gasteiger partial charge in [0.1, 0.15) is 0 Å². The summed E-state index contributed by atoms with van der Waals surface area (Å²) in [7, 11) is 0.540. The zero-order valence-electron chi connectivity index (χ0n) is 9.54. The molecule has 3 nitrogen and oxygen atoms in total. The van der Waals surface area contributed by atoms with Crippen molar-refractivity contribution in [2.45, 2.75) is 46.0 Å². The predicted octanol–water partition coefficient (Wildman–Crippen LogP) is 1.78. The zero-order valence-corrected chi connectivity index (χ0v) is 11.0. The van der Waals surface area contributed by atoms with Gasteiger partial charge in [-0.05, 0) is 18.8 Å². The summed E-state index contributed by atoms with van der Waals surface area (Å²) in [4.78, 5) is 11.1. The lowest BCUT2D eigenvalue weighted by Gasteiger charge is -2.11. The van der Waals surface area contributed by atoms with Crippen LogP contribution >= 0.6 is 0 Å². The minimum absolute atomic E-state index is 0.0931. The fourth-order valence-corrected chi connectivity index (χ4v) is 1.82. The molecular formula is C10H22O3Si. The van der Waals surface area contributed by atoms with E-state index in [1.54, 1.807) is 7.11 Å². The summed E-state index contributed by atoms with van der Waals surface area (Å²) >= 11 is 0. The van der Waals surface area contributed by atoms with Gasteiger partial charge < -0.3 is 8.85 Å². The highest BCUT2D eigenvalue weighted by Crippen LogP contribution is 2.15. The van der Waals surface area contributed by atoms with E-state index in [2.05, 4.69) is 13.8 Å². The molecule has 0 aromatic carbocycles. The Morgan fingerprint density at radius 1 is 1.36 bits per heavy atom. The normalized spacial score (nSPS) is 11.4. The van der Waals surface area contributed by atoms with Crippen LogP contribution in [0.25, 0.3) is 0 Å². The van der Waals surface area contributed by atoms with Gasteiger partial charge in [-0.25, -0.2) is 0 Å². The van der Waals surface area contributed by atoms with Gasteiger partial charge in [0.2, 0.25) is 0 Å². The van der Waals surface area contributed by atoms with Crippen LogP contribution in [0.3, 0.4) is 0 Å². The fourth-order valence-electron chi connectivity index (χ4n) is 1.43. The maximum absolute atomic E-state index is 11.1. The molecule has 0 atom stereocenters. The molecule has 0 saturated carbocycles. The van der Waals surface area contributed by atoms with Crippen molar-refractivity contribution in [1.82, 2.24) is 0 Å². The molecular weight excluding hydrogens is 196 g/mol. The molecule has 0 spiro atoms. The van der Waals surface area contributed by atoms with Crippen LogP contribution < -0.4 is 0 Å². The van der Waals surface area contributed by atoms with Gasteiger partial charge in [-0.2, -0.15) is 0 Å². The van der Waals surface area contributed by atoms with Gasteiger partial charge in [0.05, 0.1) is 0 Å². The topological polar surface area (TPSA) is 35.5 Å². The van der Waals surface area contributed by atoms with Crippen molar-refractivity contribution in [3.8, 4) is 0 Å². The van der Waals surface area contributed by atoms with E-state index in [9.17, 15) is 4.79 Å². The van der Waals surface area contributed by atoms with Gasteiger partial charge in [0, 0.05) is 13.5 Å². The van der Waals surface area contributed by atoms with Crippen LogP contribution in [0.4, 0.5) is 0 Å². The van der Waals surface area contributed by atoms with E-state index < -0.39 is 10.0 Å². The zero-order chi connectivity index (χ0) is 10.8. The first-order chi connectivity index (χ1) is 6.74. The Balaban J connectivity index is 3.38. The average molecular weight is 218 g/mol. The Bertz CT molecular complexity index is 146. The minimum Gasteiger partial charge on any atom is -0.499 e. The van der Waals surface area contributed by atoms with Gasteiger partial charge >= 0.3 is 10.0 Å². The fraction of sp³-hybridized carbons (Fsp3) is 0.900. The van der Waals surface area contributed by atoms with Crippen molar-refractivity contribution in [3.05, 3.63) is 0 Å². The smallest absolute Gasteiger partial charge is 0.368 e. The molecule has 0 rings (SSSR count). The van der Waals surface area contributed by atoms with Crippen molar-refractivity contribution in [2.24, 2.45) is 5.92 Å². The van der Waals surface area contributed by atoms with E-state index in [0.29, 0.717) is 6.42 Å². The molecule has 14 heavy (non-hydrogen) atoms. The molecule has 0 aromatic heterocycles. The average Bonchev–Trinajstić information content (AvgIpc) is 2.21. The van der Waals surface area contributed by atoms with E-state index in [1.165, 1.54) is 12.8 Å². The molecule has 0 saturated heterocycles. The van der Waals surface area contributed by atoms with E-state index in [1.807, 2.05) is 0 Å². The van der Waals surface area contributed by atoms with Gasteiger partial charge in [-0.1, -0.05) is 26.7 Å². The number of hydrogen-bond acceptors (Lipinski definition) is 3. The van der Waals surface area contributed by atoms with Gasteiger partial charge in [-0.3, -0.25) is 4.79 Å². The summed E-state index contributed by atoms with van der Waals surface area (Å²) in [6.45, 7) is 4.40. The summed E-state index contributed by atoms with van der Waals surface area (Å²) < 4.78 is 9.70. The highest BCUT2D eigenvalue weighted by atomic mass is 28.3. The minimum atomic E-state index is -1.03. The lowest BCUT2D eigenvalue weighted by atomic mass is 9.97. The largest absolute Gasteiger partial charge is 0.499 e. The molecule has 0 aliphatic carbocycles. The molecule has 0 N–H and O–H groups in total. The SMILES string of the molecule is CCC(CC)CCCC(=O)O[SiH2]OC. The number of carbonyl (C=O) groups excluding carboxylic acids is 1. The van der Waals surface area contributed by atoms with Crippen molar-refractivity contribution in [3.63, 3.8) is 0 Å². The maximum Gasteiger partial charge on any atom is 0.368 e.